The number of rotatable bonds is 7. The minimum absolute atomic E-state index is 0.00996. The Bertz CT molecular complexity index is 1440. The molecule has 3 aromatic rings. The lowest BCUT2D eigenvalue weighted by atomic mass is 9.81. The van der Waals surface area contributed by atoms with E-state index in [1.807, 2.05) is 12.1 Å². The average molecular weight is 530 g/mol. The quantitative estimate of drug-likeness (QED) is 0.433. The van der Waals surface area contributed by atoms with Crippen LogP contribution in [-0.4, -0.2) is 26.2 Å². The van der Waals surface area contributed by atoms with Gasteiger partial charge in [0.15, 0.2) is 0 Å². The summed E-state index contributed by atoms with van der Waals surface area (Å²) in [6.07, 6.45) is 0. The maximum atomic E-state index is 13.1. The molecular weight excluding hydrogens is 506 g/mol. The van der Waals surface area contributed by atoms with Crippen molar-refractivity contribution in [3.8, 4) is 11.8 Å². The highest BCUT2D eigenvalue weighted by Crippen LogP contribution is 2.43. The minimum Gasteiger partial charge on any atom is -0.489 e. The van der Waals surface area contributed by atoms with Crippen LogP contribution in [0.2, 0.25) is 5.02 Å². The predicted octanol–water partition coefficient (Wildman–Crippen LogP) is 4.82. The molecule has 1 aliphatic rings. The first-order chi connectivity index (χ1) is 18.4. The summed E-state index contributed by atoms with van der Waals surface area (Å²) >= 11 is 5.93. The molecule has 4 rings (SSSR count). The Labute approximate surface area is 225 Å². The van der Waals surface area contributed by atoms with Crippen LogP contribution in [0.15, 0.2) is 102 Å². The van der Waals surface area contributed by atoms with Gasteiger partial charge in [-0.1, -0.05) is 54.1 Å². The molecule has 8 nitrogen and oxygen atoms in total. The van der Waals surface area contributed by atoms with Crippen molar-refractivity contribution in [3.63, 3.8) is 0 Å². The van der Waals surface area contributed by atoms with Crippen LogP contribution in [0.1, 0.15) is 17.0 Å². The van der Waals surface area contributed by atoms with Gasteiger partial charge in [0.2, 0.25) is 0 Å². The fourth-order valence-corrected chi connectivity index (χ4v) is 4.35. The van der Waals surface area contributed by atoms with Crippen LogP contribution in [0.25, 0.3) is 0 Å². The maximum absolute atomic E-state index is 13.1. The van der Waals surface area contributed by atoms with Crippen LogP contribution >= 0.6 is 11.6 Å². The number of carbonyl (C=O) groups is 2. The first kappa shape index (κ1) is 26.3. The second-order valence-electron chi connectivity index (χ2n) is 8.24. The molecular formula is C29H24ClN3O5. The number of esters is 2. The zero-order chi connectivity index (χ0) is 27.2. The van der Waals surface area contributed by atoms with Crippen LogP contribution in [0.4, 0.5) is 5.69 Å². The molecule has 3 aromatic carbocycles. The van der Waals surface area contributed by atoms with Crippen molar-refractivity contribution in [2.75, 3.05) is 19.1 Å². The van der Waals surface area contributed by atoms with Gasteiger partial charge in [-0.15, -0.1) is 0 Å². The summed E-state index contributed by atoms with van der Waals surface area (Å²) in [6, 6.07) is 25.0. The number of hydrogen-bond acceptors (Lipinski definition) is 8. The highest BCUT2D eigenvalue weighted by Gasteiger charge is 2.42. The Morgan fingerprint density at radius 3 is 2.16 bits per heavy atom. The summed E-state index contributed by atoms with van der Waals surface area (Å²) in [6.45, 7) is 0.319. The topological polar surface area (TPSA) is 115 Å². The molecule has 0 amide bonds. The molecule has 1 heterocycles. The van der Waals surface area contributed by atoms with Crippen molar-refractivity contribution in [2.24, 2.45) is 5.73 Å². The number of carbonyl (C=O) groups excluding carboxylic acids is 2. The predicted molar refractivity (Wildman–Crippen MR) is 142 cm³/mol. The molecule has 0 saturated carbocycles. The number of ether oxygens (including phenoxy) is 3. The summed E-state index contributed by atoms with van der Waals surface area (Å²) in [7, 11) is 2.41. The summed E-state index contributed by atoms with van der Waals surface area (Å²) in [5.74, 6) is -1.98. The first-order valence-electron chi connectivity index (χ1n) is 11.5. The van der Waals surface area contributed by atoms with E-state index in [4.69, 9.17) is 31.5 Å². The van der Waals surface area contributed by atoms with Gasteiger partial charge in [-0.3, -0.25) is 4.90 Å². The molecule has 192 valence electrons. The van der Waals surface area contributed by atoms with Crippen molar-refractivity contribution in [2.45, 2.75) is 12.5 Å². The Balaban J connectivity index is 1.78. The number of benzene rings is 3. The number of anilines is 1. The summed E-state index contributed by atoms with van der Waals surface area (Å²) in [5, 5.41) is 10.8. The summed E-state index contributed by atoms with van der Waals surface area (Å²) in [5.41, 5.74) is 8.36. The van der Waals surface area contributed by atoms with E-state index >= 15 is 0 Å². The van der Waals surface area contributed by atoms with E-state index < -0.39 is 17.9 Å². The third kappa shape index (κ3) is 5.19. The number of methoxy groups -OCH3 is 2. The number of nitriles is 1. The van der Waals surface area contributed by atoms with Crippen molar-refractivity contribution < 1.29 is 23.8 Å². The Hall–Kier alpha value is -4.74. The normalized spacial score (nSPS) is 15.1. The zero-order valence-corrected chi connectivity index (χ0v) is 21.4. The molecule has 0 spiro atoms. The second-order valence-corrected chi connectivity index (χ2v) is 8.68. The van der Waals surface area contributed by atoms with Crippen LogP contribution in [0.3, 0.4) is 0 Å². The highest BCUT2D eigenvalue weighted by atomic mass is 35.5. The minimum atomic E-state index is -0.930. The van der Waals surface area contributed by atoms with Crippen LogP contribution in [0.5, 0.6) is 5.75 Å². The van der Waals surface area contributed by atoms with Gasteiger partial charge >= 0.3 is 11.9 Å². The lowest BCUT2D eigenvalue weighted by Gasteiger charge is -2.35. The Morgan fingerprint density at radius 1 is 0.947 bits per heavy atom. The molecule has 0 aromatic heterocycles. The van der Waals surface area contributed by atoms with E-state index in [9.17, 15) is 14.9 Å². The molecule has 1 aliphatic heterocycles. The van der Waals surface area contributed by atoms with Crippen LogP contribution < -0.4 is 15.4 Å². The lowest BCUT2D eigenvalue weighted by Crippen LogP contribution is -2.40. The molecule has 9 heteroatoms. The van der Waals surface area contributed by atoms with Crippen LogP contribution in [-0.2, 0) is 25.7 Å². The average Bonchev–Trinajstić information content (AvgIpc) is 2.96. The molecule has 1 atom stereocenters. The molecule has 0 aliphatic carbocycles. The lowest BCUT2D eigenvalue weighted by molar-refractivity contribution is -0.139. The van der Waals surface area contributed by atoms with Gasteiger partial charge in [-0.05, 0) is 47.5 Å². The van der Waals surface area contributed by atoms with Crippen molar-refractivity contribution >= 4 is 29.2 Å². The molecule has 0 saturated heterocycles. The van der Waals surface area contributed by atoms with Gasteiger partial charge in [-0.2, -0.15) is 5.26 Å². The molecule has 1 unspecified atom stereocenters. The zero-order valence-electron chi connectivity index (χ0n) is 20.7. The Morgan fingerprint density at radius 2 is 1.58 bits per heavy atom. The van der Waals surface area contributed by atoms with Crippen molar-refractivity contribution in [3.05, 3.63) is 118 Å². The summed E-state index contributed by atoms with van der Waals surface area (Å²) < 4.78 is 15.9. The van der Waals surface area contributed by atoms with Gasteiger partial charge in [0.25, 0.3) is 0 Å². The van der Waals surface area contributed by atoms with Gasteiger partial charge in [-0.25, -0.2) is 9.59 Å². The number of nitrogens with two attached hydrogens (primary N) is 1. The van der Waals surface area contributed by atoms with E-state index in [2.05, 4.69) is 6.07 Å². The van der Waals surface area contributed by atoms with E-state index in [1.54, 1.807) is 66.7 Å². The third-order valence-electron chi connectivity index (χ3n) is 6.02. The Kier molecular flexibility index (Phi) is 8.00. The molecule has 0 fully saturated rings. The fraction of sp³-hybridized carbons (Fsp3) is 0.138. The number of hydrogen-bond donors (Lipinski definition) is 1. The van der Waals surface area contributed by atoms with Gasteiger partial charge < -0.3 is 19.9 Å². The molecule has 0 radical (unpaired) electrons. The number of halogens is 1. The van der Waals surface area contributed by atoms with Gasteiger partial charge in [0.1, 0.15) is 23.9 Å². The van der Waals surface area contributed by atoms with Gasteiger partial charge in [0.05, 0.1) is 37.4 Å². The standard InChI is InChI=1S/C29H24ClN3O5/c1-36-28(34)25-24(19-6-4-3-5-7-19)23(16-31)27(32)33(26(25)29(35)37-2)21-12-14-22(15-13-21)38-17-18-8-10-20(30)11-9-18/h3-15,24H,17,32H2,1-2H3. The third-order valence-corrected chi connectivity index (χ3v) is 6.28. The van der Waals surface area contributed by atoms with Gasteiger partial charge in [0, 0.05) is 10.7 Å². The number of nitrogens with zero attached hydrogens (tertiary/aromatic N) is 2. The van der Waals surface area contributed by atoms with Crippen LogP contribution in [0, 0.1) is 11.3 Å². The monoisotopic (exact) mass is 529 g/mol. The van der Waals surface area contributed by atoms with E-state index in [1.165, 1.54) is 19.1 Å². The van der Waals surface area contributed by atoms with E-state index in [-0.39, 0.29) is 22.7 Å². The largest absolute Gasteiger partial charge is 0.489 e. The van der Waals surface area contributed by atoms with Crippen molar-refractivity contribution in [1.82, 2.24) is 0 Å². The first-order valence-corrected chi connectivity index (χ1v) is 11.9. The molecule has 2 N–H and O–H groups in total. The molecule has 0 bridgehead atoms. The number of allylic oxidation sites excluding steroid dienone is 1. The molecule has 38 heavy (non-hydrogen) atoms. The second kappa shape index (κ2) is 11.5. The summed E-state index contributed by atoms with van der Waals surface area (Å²) in [4.78, 5) is 27.6. The van der Waals surface area contributed by atoms with E-state index in [0.29, 0.717) is 28.6 Å². The maximum Gasteiger partial charge on any atom is 0.355 e. The fourth-order valence-electron chi connectivity index (χ4n) is 4.22. The SMILES string of the molecule is COC(=O)C1=C(C(=O)OC)N(c2ccc(OCc3ccc(Cl)cc3)cc2)C(N)=C(C#N)C1c1ccccc1. The van der Waals surface area contributed by atoms with Crippen molar-refractivity contribution in [1.29, 1.82) is 5.26 Å². The smallest absolute Gasteiger partial charge is 0.355 e. The highest BCUT2D eigenvalue weighted by molar-refractivity contribution is 6.30. The van der Waals surface area contributed by atoms with E-state index in [0.717, 1.165) is 5.56 Å².